The predicted molar refractivity (Wildman–Crippen MR) is 93.2 cm³/mol. The fourth-order valence-electron chi connectivity index (χ4n) is 2.47. The number of carbonyl (C=O) groups is 1. The number of carbonyl (C=O) groups excluding carboxylic acids is 1. The summed E-state index contributed by atoms with van der Waals surface area (Å²) in [6, 6.07) is 10.1. The third-order valence-electron chi connectivity index (χ3n) is 3.71. The van der Waals surface area contributed by atoms with Gasteiger partial charge in [-0.05, 0) is 35.9 Å². The zero-order valence-corrected chi connectivity index (χ0v) is 14.5. The minimum Gasteiger partial charge on any atom is -0.497 e. The SMILES string of the molecule is COc1cccc(CNC(=O)c2nc3ccc(OC(F)(F)F)cc3c(=O)[nH]2)c1. The summed E-state index contributed by atoms with van der Waals surface area (Å²) in [7, 11) is 1.52. The van der Waals surface area contributed by atoms with Crippen molar-refractivity contribution in [1.82, 2.24) is 15.3 Å². The molecule has 2 N–H and O–H groups in total. The van der Waals surface area contributed by atoms with Gasteiger partial charge in [-0.25, -0.2) is 4.98 Å². The van der Waals surface area contributed by atoms with Gasteiger partial charge >= 0.3 is 6.36 Å². The molecule has 2 aromatic carbocycles. The van der Waals surface area contributed by atoms with Crippen molar-refractivity contribution in [3.63, 3.8) is 0 Å². The molecule has 1 amide bonds. The molecule has 3 rings (SSSR count). The van der Waals surface area contributed by atoms with Gasteiger partial charge in [0.1, 0.15) is 11.5 Å². The number of nitrogens with one attached hydrogen (secondary N) is 2. The number of methoxy groups -OCH3 is 1. The average Bonchev–Trinajstić information content (AvgIpc) is 2.65. The number of aromatic nitrogens is 2. The summed E-state index contributed by atoms with van der Waals surface area (Å²) in [6.07, 6.45) is -4.88. The van der Waals surface area contributed by atoms with Crippen LogP contribution in [-0.4, -0.2) is 29.3 Å². The molecule has 1 aromatic heterocycles. The number of fused-ring (bicyclic) bond motifs is 1. The first-order valence-corrected chi connectivity index (χ1v) is 7.96. The first-order valence-electron chi connectivity index (χ1n) is 7.96. The van der Waals surface area contributed by atoms with E-state index in [1.165, 1.54) is 13.2 Å². The molecule has 10 heteroatoms. The van der Waals surface area contributed by atoms with E-state index in [4.69, 9.17) is 4.74 Å². The fourth-order valence-corrected chi connectivity index (χ4v) is 2.47. The lowest BCUT2D eigenvalue weighted by Gasteiger charge is -2.10. The van der Waals surface area contributed by atoms with Crippen LogP contribution in [0.5, 0.6) is 11.5 Å². The summed E-state index contributed by atoms with van der Waals surface area (Å²) in [5.74, 6) is -0.828. The number of ether oxygens (including phenoxy) is 2. The Morgan fingerprint density at radius 2 is 1.96 bits per heavy atom. The van der Waals surface area contributed by atoms with Gasteiger partial charge in [-0.2, -0.15) is 0 Å². The van der Waals surface area contributed by atoms with E-state index in [2.05, 4.69) is 20.0 Å². The minimum absolute atomic E-state index is 0.0600. The molecule has 0 saturated carbocycles. The van der Waals surface area contributed by atoms with E-state index in [9.17, 15) is 22.8 Å². The van der Waals surface area contributed by atoms with E-state index in [0.717, 1.165) is 17.7 Å². The summed E-state index contributed by atoms with van der Waals surface area (Å²) in [6.45, 7) is 0.163. The van der Waals surface area contributed by atoms with Crippen molar-refractivity contribution in [3.8, 4) is 11.5 Å². The van der Waals surface area contributed by atoms with Crippen molar-refractivity contribution < 1.29 is 27.4 Å². The number of nitrogens with zero attached hydrogens (tertiary/aromatic N) is 1. The summed E-state index contributed by atoms with van der Waals surface area (Å²) >= 11 is 0. The van der Waals surface area contributed by atoms with Gasteiger partial charge in [-0.3, -0.25) is 9.59 Å². The highest BCUT2D eigenvalue weighted by Gasteiger charge is 2.31. The molecule has 1 heterocycles. The third kappa shape index (κ3) is 4.58. The third-order valence-corrected chi connectivity index (χ3v) is 3.71. The highest BCUT2D eigenvalue weighted by molar-refractivity contribution is 5.92. The highest BCUT2D eigenvalue weighted by atomic mass is 19.4. The summed E-state index contributed by atoms with van der Waals surface area (Å²) in [5.41, 5.74) is 0.0683. The molecule has 0 aliphatic carbocycles. The standard InChI is InChI=1S/C18H14F3N3O4/c1-27-11-4-2-3-10(7-11)9-22-17(26)15-23-14-6-5-12(28-18(19,20)21)8-13(14)16(25)24-15/h2-8H,9H2,1H3,(H,22,26)(H,23,24,25). The van der Waals surface area contributed by atoms with Gasteiger partial charge in [0.15, 0.2) is 5.82 Å². The Kier molecular flexibility index (Phi) is 5.21. The normalized spacial score (nSPS) is 11.3. The molecule has 3 aromatic rings. The van der Waals surface area contributed by atoms with E-state index in [1.807, 2.05) is 0 Å². The van der Waals surface area contributed by atoms with Gasteiger partial charge in [0.2, 0.25) is 0 Å². The molecule has 0 spiro atoms. The maximum atomic E-state index is 12.3. The second kappa shape index (κ2) is 7.59. The predicted octanol–water partition coefficient (Wildman–Crippen LogP) is 2.76. The largest absolute Gasteiger partial charge is 0.573 e. The van der Waals surface area contributed by atoms with Crippen LogP contribution >= 0.6 is 0 Å². The summed E-state index contributed by atoms with van der Waals surface area (Å²) in [5, 5.41) is 2.47. The van der Waals surface area contributed by atoms with Crippen LogP contribution in [0.25, 0.3) is 10.9 Å². The lowest BCUT2D eigenvalue weighted by Crippen LogP contribution is -2.27. The van der Waals surface area contributed by atoms with Gasteiger partial charge in [-0.15, -0.1) is 13.2 Å². The van der Waals surface area contributed by atoms with Gasteiger partial charge in [0, 0.05) is 6.54 Å². The molecule has 0 atom stereocenters. The smallest absolute Gasteiger partial charge is 0.497 e. The molecule has 0 radical (unpaired) electrons. The first kappa shape index (κ1) is 19.2. The van der Waals surface area contributed by atoms with Crippen LogP contribution in [0.4, 0.5) is 13.2 Å². The highest BCUT2D eigenvalue weighted by Crippen LogP contribution is 2.24. The second-order valence-corrected chi connectivity index (χ2v) is 5.68. The van der Waals surface area contributed by atoms with E-state index in [-0.39, 0.29) is 23.3 Å². The van der Waals surface area contributed by atoms with Gasteiger partial charge in [-0.1, -0.05) is 12.1 Å². The number of aromatic amines is 1. The van der Waals surface area contributed by atoms with E-state index in [1.54, 1.807) is 24.3 Å². The maximum absolute atomic E-state index is 12.3. The Morgan fingerprint density at radius 3 is 2.68 bits per heavy atom. The van der Waals surface area contributed by atoms with Crippen LogP contribution in [-0.2, 0) is 6.54 Å². The summed E-state index contributed by atoms with van der Waals surface area (Å²) in [4.78, 5) is 30.7. The van der Waals surface area contributed by atoms with Crippen molar-refractivity contribution in [2.24, 2.45) is 0 Å². The Balaban J connectivity index is 1.80. The number of halogens is 3. The molecule has 0 fully saturated rings. The monoisotopic (exact) mass is 393 g/mol. The van der Waals surface area contributed by atoms with Crippen molar-refractivity contribution in [2.45, 2.75) is 12.9 Å². The Hall–Kier alpha value is -3.56. The molecule has 0 aliphatic rings. The topological polar surface area (TPSA) is 93.3 Å². The molecule has 146 valence electrons. The van der Waals surface area contributed by atoms with E-state index >= 15 is 0 Å². The quantitative estimate of drug-likeness (QED) is 0.695. The summed E-state index contributed by atoms with van der Waals surface area (Å²) < 4.78 is 45.8. The van der Waals surface area contributed by atoms with Crippen LogP contribution in [0.15, 0.2) is 47.3 Å². The van der Waals surface area contributed by atoms with Crippen LogP contribution in [0.1, 0.15) is 16.2 Å². The first-order chi connectivity index (χ1) is 13.2. The van der Waals surface area contributed by atoms with Gasteiger partial charge in [0.05, 0.1) is 18.0 Å². The number of hydrogen-bond acceptors (Lipinski definition) is 5. The molecule has 0 bridgehead atoms. The molecule has 0 saturated heterocycles. The van der Waals surface area contributed by atoms with Crippen molar-refractivity contribution in [2.75, 3.05) is 7.11 Å². The Morgan fingerprint density at radius 1 is 1.18 bits per heavy atom. The van der Waals surface area contributed by atoms with Gasteiger partial charge < -0.3 is 19.8 Å². The van der Waals surface area contributed by atoms with Crippen LogP contribution in [0.2, 0.25) is 0 Å². The van der Waals surface area contributed by atoms with Gasteiger partial charge in [0.25, 0.3) is 11.5 Å². The number of H-pyrrole nitrogens is 1. The number of hydrogen-bond donors (Lipinski definition) is 2. The number of amides is 1. The zero-order chi connectivity index (χ0) is 20.3. The number of rotatable bonds is 5. The Labute approximate surface area is 156 Å². The molecular formula is C18H14F3N3O4. The van der Waals surface area contributed by atoms with Crippen molar-refractivity contribution in [1.29, 1.82) is 0 Å². The zero-order valence-electron chi connectivity index (χ0n) is 14.5. The fraction of sp³-hybridized carbons (Fsp3) is 0.167. The van der Waals surface area contributed by atoms with Crippen molar-refractivity contribution >= 4 is 16.8 Å². The molecule has 7 nitrogen and oxygen atoms in total. The lowest BCUT2D eigenvalue weighted by atomic mass is 10.2. The van der Waals surface area contributed by atoms with E-state index in [0.29, 0.717) is 5.75 Å². The van der Waals surface area contributed by atoms with Crippen LogP contribution in [0.3, 0.4) is 0 Å². The van der Waals surface area contributed by atoms with Crippen molar-refractivity contribution in [3.05, 3.63) is 64.2 Å². The average molecular weight is 393 g/mol. The Bertz CT molecular complexity index is 1080. The van der Waals surface area contributed by atoms with E-state index < -0.39 is 23.6 Å². The number of benzene rings is 2. The molecule has 0 unspecified atom stereocenters. The number of alkyl halides is 3. The minimum atomic E-state index is -4.88. The lowest BCUT2D eigenvalue weighted by molar-refractivity contribution is -0.274. The maximum Gasteiger partial charge on any atom is 0.573 e. The van der Waals surface area contributed by atoms with Crippen LogP contribution < -0.4 is 20.3 Å². The second-order valence-electron chi connectivity index (χ2n) is 5.68. The molecule has 28 heavy (non-hydrogen) atoms. The van der Waals surface area contributed by atoms with Crippen LogP contribution in [0, 0.1) is 0 Å². The molecular weight excluding hydrogens is 379 g/mol. The molecule has 0 aliphatic heterocycles.